The van der Waals surface area contributed by atoms with Gasteiger partial charge in [-0.1, -0.05) is 55.2 Å². The van der Waals surface area contributed by atoms with Crippen molar-refractivity contribution in [3.63, 3.8) is 0 Å². The number of ether oxygens (including phenoxy) is 2. The molecule has 54 heavy (non-hydrogen) atoms. The van der Waals surface area contributed by atoms with E-state index in [4.69, 9.17) is 9.47 Å². The summed E-state index contributed by atoms with van der Waals surface area (Å²) in [5.74, 6) is 0.323. The molecule has 0 bridgehead atoms. The van der Waals surface area contributed by atoms with E-state index in [1.807, 2.05) is 71.9 Å². The molecular formula is C44H51ClN4O5. The van der Waals surface area contributed by atoms with E-state index in [-0.39, 0.29) is 29.4 Å². The number of aryl methyl sites for hydroxylation is 1. The van der Waals surface area contributed by atoms with Crippen molar-refractivity contribution in [1.82, 2.24) is 9.38 Å². The van der Waals surface area contributed by atoms with E-state index < -0.39 is 5.60 Å². The third-order valence-corrected chi connectivity index (χ3v) is 8.67. The Labute approximate surface area is 323 Å². The smallest absolute Gasteiger partial charge is 0.278 e. The van der Waals surface area contributed by atoms with Crippen molar-refractivity contribution >= 4 is 51.2 Å². The summed E-state index contributed by atoms with van der Waals surface area (Å²) < 4.78 is 13.5. The Balaban J connectivity index is 0.000000650. The molecule has 9 nitrogen and oxygen atoms in total. The van der Waals surface area contributed by atoms with Crippen molar-refractivity contribution in [2.24, 2.45) is 0 Å². The molecule has 6 rings (SSSR count). The highest BCUT2D eigenvalue weighted by Gasteiger charge is 2.30. The SMILES string of the molecule is C=C/C=C\C(=C)C.CCl.Cc1cccc2c(O)cc3c(c12)CCN3C(=O)c1cn2cc(NC(=O)c3ccc(OC(C)(C)CCOC(C)C)cc3)ccc2n1. The maximum atomic E-state index is 13.6. The molecule has 3 aromatic carbocycles. The van der Waals surface area contributed by atoms with Crippen molar-refractivity contribution in [3.05, 3.63) is 132 Å². The van der Waals surface area contributed by atoms with Gasteiger partial charge in [0.05, 0.1) is 24.1 Å². The van der Waals surface area contributed by atoms with Gasteiger partial charge >= 0.3 is 0 Å². The third kappa shape index (κ3) is 10.4. The first-order chi connectivity index (χ1) is 25.8. The lowest BCUT2D eigenvalue weighted by Crippen LogP contribution is -2.30. The van der Waals surface area contributed by atoms with Crippen LogP contribution in [-0.2, 0) is 11.2 Å². The van der Waals surface area contributed by atoms with Crippen molar-refractivity contribution in [2.75, 3.05) is 29.8 Å². The number of nitrogens with one attached hydrogen (secondary N) is 1. The Morgan fingerprint density at radius 3 is 2.46 bits per heavy atom. The first-order valence-corrected chi connectivity index (χ1v) is 18.6. The number of hydrogen-bond acceptors (Lipinski definition) is 6. The fourth-order valence-corrected chi connectivity index (χ4v) is 6.08. The summed E-state index contributed by atoms with van der Waals surface area (Å²) in [5.41, 5.74) is 5.39. The van der Waals surface area contributed by atoms with Gasteiger partial charge in [-0.05, 0) is 101 Å². The normalized spacial score (nSPS) is 12.2. The number of phenols is 1. The second-order valence-electron chi connectivity index (χ2n) is 13.9. The van der Waals surface area contributed by atoms with Gasteiger partial charge in [-0.15, -0.1) is 11.6 Å². The Hall–Kier alpha value is -5.38. The highest BCUT2D eigenvalue weighted by Crippen LogP contribution is 2.41. The Bertz CT molecular complexity index is 2150. The number of halogens is 1. The molecule has 0 atom stereocenters. The van der Waals surface area contributed by atoms with Crippen LogP contribution in [0.15, 0.2) is 110 Å². The van der Waals surface area contributed by atoms with Gasteiger partial charge in [0.1, 0.15) is 28.4 Å². The molecule has 1 aliphatic heterocycles. The molecule has 2 N–H and O–H groups in total. The number of rotatable bonds is 11. The molecule has 0 spiro atoms. The topological polar surface area (TPSA) is 105 Å². The number of fused-ring (bicyclic) bond motifs is 4. The number of phenolic OH excluding ortho intramolecular Hbond substituents is 1. The zero-order valence-electron chi connectivity index (χ0n) is 32.3. The quantitative estimate of drug-likeness (QED) is 0.103. The second-order valence-corrected chi connectivity index (χ2v) is 13.9. The molecule has 10 heteroatoms. The molecule has 5 aromatic rings. The fourth-order valence-electron chi connectivity index (χ4n) is 6.08. The number of imidazole rings is 1. The van der Waals surface area contributed by atoms with Crippen LogP contribution in [0.2, 0.25) is 0 Å². The number of amides is 2. The molecule has 0 radical (unpaired) electrons. The summed E-state index contributed by atoms with van der Waals surface area (Å²) in [6.45, 7) is 20.3. The minimum atomic E-state index is -0.410. The molecule has 0 unspecified atom stereocenters. The van der Waals surface area contributed by atoms with E-state index >= 15 is 0 Å². The first-order valence-electron chi connectivity index (χ1n) is 17.9. The second kappa shape index (κ2) is 18.6. The molecule has 3 heterocycles. The number of allylic oxidation sites excluding steroid dienone is 4. The lowest BCUT2D eigenvalue weighted by molar-refractivity contribution is 0.0231. The summed E-state index contributed by atoms with van der Waals surface area (Å²) in [4.78, 5) is 32.9. The van der Waals surface area contributed by atoms with Crippen LogP contribution in [-0.4, -0.2) is 57.5 Å². The minimum Gasteiger partial charge on any atom is -0.507 e. The van der Waals surface area contributed by atoms with Gasteiger partial charge in [-0.2, -0.15) is 0 Å². The molecule has 284 valence electrons. The maximum absolute atomic E-state index is 13.6. The lowest BCUT2D eigenvalue weighted by Gasteiger charge is -2.27. The van der Waals surface area contributed by atoms with Crippen LogP contribution in [0.3, 0.4) is 0 Å². The Kier molecular flexibility index (Phi) is 14.2. The minimum absolute atomic E-state index is 0.153. The zero-order valence-corrected chi connectivity index (χ0v) is 33.0. The molecule has 0 aliphatic carbocycles. The number of benzene rings is 3. The van der Waals surface area contributed by atoms with Crippen molar-refractivity contribution in [2.45, 2.75) is 66.1 Å². The van der Waals surface area contributed by atoms with Crippen molar-refractivity contribution in [3.8, 4) is 11.5 Å². The van der Waals surface area contributed by atoms with E-state index in [2.05, 4.69) is 35.1 Å². The van der Waals surface area contributed by atoms with Crippen LogP contribution < -0.4 is 15.0 Å². The third-order valence-electron chi connectivity index (χ3n) is 8.67. The summed E-state index contributed by atoms with van der Waals surface area (Å²) in [6.07, 6.45) is 12.0. The van der Waals surface area contributed by atoms with Gasteiger partial charge in [-0.3, -0.25) is 9.59 Å². The first kappa shape index (κ1) is 41.4. The molecule has 0 fully saturated rings. The van der Waals surface area contributed by atoms with Crippen molar-refractivity contribution in [1.29, 1.82) is 0 Å². The van der Waals surface area contributed by atoms with Crippen LogP contribution in [0.1, 0.15) is 73.0 Å². The summed E-state index contributed by atoms with van der Waals surface area (Å²) in [7, 11) is 0. The van der Waals surface area contributed by atoms with E-state index in [1.165, 1.54) is 6.38 Å². The summed E-state index contributed by atoms with van der Waals surface area (Å²) in [5, 5.41) is 15.4. The molecule has 0 saturated heterocycles. The number of aromatic nitrogens is 2. The van der Waals surface area contributed by atoms with E-state index in [1.54, 1.807) is 70.2 Å². The number of anilines is 2. The zero-order chi connectivity index (χ0) is 39.6. The molecule has 0 saturated carbocycles. The van der Waals surface area contributed by atoms with Gasteiger partial charge in [-0.25, -0.2) is 4.98 Å². The number of hydrogen-bond donors (Lipinski definition) is 2. The maximum Gasteiger partial charge on any atom is 0.278 e. The van der Waals surface area contributed by atoms with Crippen LogP contribution in [0.4, 0.5) is 11.4 Å². The molecule has 2 aromatic heterocycles. The molecular weight excluding hydrogens is 700 g/mol. The van der Waals surface area contributed by atoms with E-state index in [0.29, 0.717) is 47.9 Å². The van der Waals surface area contributed by atoms with E-state index in [9.17, 15) is 14.7 Å². The number of pyridine rings is 1. The van der Waals surface area contributed by atoms with Gasteiger partial charge in [0.15, 0.2) is 0 Å². The number of alkyl halides is 1. The van der Waals surface area contributed by atoms with Crippen LogP contribution in [0.5, 0.6) is 11.5 Å². The van der Waals surface area contributed by atoms with Crippen LogP contribution in [0.25, 0.3) is 16.4 Å². The standard InChI is InChI=1S/C36H38N4O5.C7H10.CH3Cl/c1-22(2)44-18-16-36(4,5)45-26-12-9-24(10-13-26)34(42)37-25-11-14-32-38-29(21-39(32)20-25)35(43)40-17-15-27-30(40)19-31(41)28-8-6-7-23(3)33(27)28;1-4-5-6-7(2)3;1-2/h6-14,19-22,41H,15-18H2,1-5H3,(H,37,42);4-6H,1-2H2,3H3;1H3/b;6-5-;. The van der Waals surface area contributed by atoms with Gasteiger partial charge in [0.2, 0.25) is 0 Å². The lowest BCUT2D eigenvalue weighted by atomic mass is 9.97. The summed E-state index contributed by atoms with van der Waals surface area (Å²) in [6, 6.07) is 18.1. The number of carbonyl (C=O) groups excluding carboxylic acids is 2. The van der Waals surface area contributed by atoms with Gasteiger partial charge in [0, 0.05) is 48.8 Å². The Morgan fingerprint density at radius 2 is 1.81 bits per heavy atom. The van der Waals surface area contributed by atoms with Gasteiger partial charge < -0.3 is 29.2 Å². The average molecular weight is 751 g/mol. The molecule has 2 amide bonds. The Morgan fingerprint density at radius 1 is 1.09 bits per heavy atom. The van der Waals surface area contributed by atoms with Crippen molar-refractivity contribution < 1.29 is 24.2 Å². The number of carbonyl (C=O) groups is 2. The highest BCUT2D eigenvalue weighted by atomic mass is 35.5. The predicted octanol–water partition coefficient (Wildman–Crippen LogP) is 10.1. The average Bonchev–Trinajstić information content (AvgIpc) is 3.76. The monoisotopic (exact) mass is 750 g/mol. The number of nitrogens with zero attached hydrogens (tertiary/aromatic N) is 3. The number of aromatic hydroxyl groups is 1. The largest absolute Gasteiger partial charge is 0.507 e. The predicted molar refractivity (Wildman–Crippen MR) is 222 cm³/mol. The van der Waals surface area contributed by atoms with Crippen LogP contribution in [0, 0.1) is 6.92 Å². The fraction of sp³-hybridized carbons (Fsp3) is 0.295. The van der Waals surface area contributed by atoms with Gasteiger partial charge in [0.25, 0.3) is 11.8 Å². The van der Waals surface area contributed by atoms with Crippen LogP contribution >= 0.6 is 11.6 Å². The highest BCUT2D eigenvalue weighted by molar-refractivity contribution is 6.15. The van der Waals surface area contributed by atoms with E-state index in [0.717, 1.165) is 33.9 Å². The molecule has 1 aliphatic rings. The summed E-state index contributed by atoms with van der Waals surface area (Å²) >= 11 is 4.64.